The second-order valence-corrected chi connectivity index (χ2v) is 6.86. The number of hydrogen-bond donors (Lipinski definition) is 1. The molecule has 0 saturated heterocycles. The average molecular weight is 347 g/mol. The fraction of sp³-hybridized carbons (Fsp3) is 0.190. The number of carbonyl (C=O) groups excluding carboxylic acids is 2. The van der Waals surface area contributed by atoms with Gasteiger partial charge in [0, 0.05) is 5.69 Å². The van der Waals surface area contributed by atoms with Gasteiger partial charge in [-0.05, 0) is 40.3 Å². The lowest BCUT2D eigenvalue weighted by Crippen LogP contribution is -2.22. The topological polar surface area (TPSA) is 93.0 Å². The highest BCUT2D eigenvalue weighted by molar-refractivity contribution is 6.09. The molecule has 0 aliphatic heterocycles. The minimum Gasteiger partial charge on any atom is -0.545 e. The average Bonchev–Trinajstić information content (AvgIpc) is 2.59. The van der Waals surface area contributed by atoms with Gasteiger partial charge < -0.3 is 15.2 Å². The quantitative estimate of drug-likeness (QED) is 0.680. The molecular weight excluding hydrogens is 328 g/mol. The summed E-state index contributed by atoms with van der Waals surface area (Å²) in [7, 11) is 0. The van der Waals surface area contributed by atoms with Gasteiger partial charge in [0.1, 0.15) is 11.6 Å². The van der Waals surface area contributed by atoms with Crippen molar-refractivity contribution in [1.29, 1.82) is 5.26 Å². The van der Waals surface area contributed by atoms with Crippen molar-refractivity contribution in [2.24, 2.45) is 0 Å². The number of benzene rings is 2. The van der Waals surface area contributed by atoms with E-state index in [2.05, 4.69) is 26.1 Å². The summed E-state index contributed by atoms with van der Waals surface area (Å²) in [6, 6.07) is 15.1. The van der Waals surface area contributed by atoms with E-state index in [-0.39, 0.29) is 16.6 Å². The Morgan fingerprint density at radius 1 is 1.04 bits per heavy atom. The molecule has 132 valence electrons. The van der Waals surface area contributed by atoms with Crippen molar-refractivity contribution in [3.63, 3.8) is 0 Å². The van der Waals surface area contributed by atoms with E-state index in [9.17, 15) is 20.0 Å². The number of rotatable bonds is 4. The van der Waals surface area contributed by atoms with Crippen molar-refractivity contribution < 1.29 is 14.7 Å². The first-order valence-corrected chi connectivity index (χ1v) is 8.06. The molecule has 1 amide bonds. The smallest absolute Gasteiger partial charge is 0.266 e. The minimum atomic E-state index is -1.29. The Hall–Kier alpha value is -3.39. The van der Waals surface area contributed by atoms with Gasteiger partial charge in [-0.2, -0.15) is 5.26 Å². The largest absolute Gasteiger partial charge is 0.545 e. The first-order valence-electron chi connectivity index (χ1n) is 8.06. The normalized spacial score (nSPS) is 11.5. The predicted octanol–water partition coefficient (Wildman–Crippen LogP) is 2.89. The van der Waals surface area contributed by atoms with Crippen LogP contribution >= 0.6 is 0 Å². The van der Waals surface area contributed by atoms with Gasteiger partial charge in [0.15, 0.2) is 0 Å². The summed E-state index contributed by atoms with van der Waals surface area (Å²) >= 11 is 0. The van der Waals surface area contributed by atoms with Gasteiger partial charge in [0.05, 0.1) is 5.97 Å². The molecule has 26 heavy (non-hydrogen) atoms. The van der Waals surface area contributed by atoms with Gasteiger partial charge in [-0.1, -0.05) is 57.2 Å². The lowest BCUT2D eigenvalue weighted by Gasteiger charge is -2.18. The maximum atomic E-state index is 12.3. The summed E-state index contributed by atoms with van der Waals surface area (Å²) in [6.45, 7) is 6.33. The first kappa shape index (κ1) is 18.9. The van der Waals surface area contributed by atoms with Crippen LogP contribution in [0.15, 0.2) is 54.1 Å². The Bertz CT molecular complexity index is 881. The van der Waals surface area contributed by atoms with E-state index in [1.807, 2.05) is 30.3 Å². The van der Waals surface area contributed by atoms with Crippen LogP contribution in [0, 0.1) is 11.3 Å². The summed E-state index contributed by atoms with van der Waals surface area (Å²) in [6.07, 6.45) is 1.51. The van der Waals surface area contributed by atoms with Crippen LogP contribution < -0.4 is 10.4 Å². The Kier molecular flexibility index (Phi) is 5.58. The molecular formula is C21H19N2O3-. The summed E-state index contributed by atoms with van der Waals surface area (Å²) in [5.41, 5.74) is 2.29. The summed E-state index contributed by atoms with van der Waals surface area (Å²) in [4.78, 5) is 23.0. The number of nitrogens with one attached hydrogen (secondary N) is 1. The van der Waals surface area contributed by atoms with Crippen molar-refractivity contribution in [2.75, 3.05) is 5.32 Å². The van der Waals surface area contributed by atoms with Crippen LogP contribution in [-0.4, -0.2) is 11.9 Å². The number of carboxylic acid groups (broad SMARTS) is 1. The molecule has 0 unspecified atom stereocenters. The molecule has 0 saturated carbocycles. The standard InChI is InChI=1S/C21H20N2O3/c1-21(2,3)17-8-4-14(5-9-17)12-16(13-22)19(24)23-18-10-6-15(7-11-18)20(25)26/h4-12H,1-3H3,(H,23,24)(H,25,26)/p-1/b16-12-. The summed E-state index contributed by atoms with van der Waals surface area (Å²) in [5, 5.41) is 22.6. The molecule has 1 N–H and O–H groups in total. The molecule has 0 heterocycles. The zero-order valence-corrected chi connectivity index (χ0v) is 14.9. The lowest BCUT2D eigenvalue weighted by molar-refractivity contribution is -0.255. The van der Waals surface area contributed by atoms with Crippen LogP contribution in [0.3, 0.4) is 0 Å². The first-order chi connectivity index (χ1) is 12.2. The Labute approximate surface area is 152 Å². The van der Waals surface area contributed by atoms with Gasteiger partial charge in [-0.3, -0.25) is 4.79 Å². The zero-order valence-electron chi connectivity index (χ0n) is 14.9. The molecule has 2 aromatic rings. The maximum Gasteiger partial charge on any atom is 0.266 e. The second-order valence-electron chi connectivity index (χ2n) is 6.86. The Morgan fingerprint density at radius 2 is 1.62 bits per heavy atom. The number of amides is 1. The van der Waals surface area contributed by atoms with E-state index in [0.717, 1.165) is 11.1 Å². The van der Waals surface area contributed by atoms with Crippen molar-refractivity contribution in [2.45, 2.75) is 26.2 Å². The monoisotopic (exact) mass is 347 g/mol. The highest BCUT2D eigenvalue weighted by Crippen LogP contribution is 2.23. The molecule has 0 bridgehead atoms. The highest BCUT2D eigenvalue weighted by Gasteiger charge is 2.13. The number of carboxylic acids is 1. The van der Waals surface area contributed by atoms with E-state index in [4.69, 9.17) is 0 Å². The fourth-order valence-electron chi connectivity index (χ4n) is 2.28. The number of anilines is 1. The number of aromatic carboxylic acids is 1. The zero-order chi connectivity index (χ0) is 19.3. The molecule has 0 aliphatic carbocycles. The van der Waals surface area contributed by atoms with Crippen molar-refractivity contribution in [1.82, 2.24) is 0 Å². The van der Waals surface area contributed by atoms with Gasteiger partial charge in [0.25, 0.3) is 5.91 Å². The molecule has 2 rings (SSSR count). The summed E-state index contributed by atoms with van der Waals surface area (Å²) in [5.74, 6) is -1.85. The van der Waals surface area contributed by atoms with Crippen molar-refractivity contribution in [3.8, 4) is 6.07 Å². The summed E-state index contributed by atoms with van der Waals surface area (Å²) < 4.78 is 0. The number of nitrogens with zero attached hydrogens (tertiary/aromatic N) is 1. The third kappa shape index (κ3) is 4.81. The van der Waals surface area contributed by atoms with Crippen LogP contribution in [0.2, 0.25) is 0 Å². The molecule has 0 atom stereocenters. The Morgan fingerprint density at radius 3 is 2.08 bits per heavy atom. The van der Waals surface area contributed by atoms with E-state index in [1.54, 1.807) is 0 Å². The van der Waals surface area contributed by atoms with Gasteiger partial charge in [-0.15, -0.1) is 0 Å². The van der Waals surface area contributed by atoms with Crippen LogP contribution in [0.5, 0.6) is 0 Å². The van der Waals surface area contributed by atoms with Crippen LogP contribution in [-0.2, 0) is 10.2 Å². The highest BCUT2D eigenvalue weighted by atomic mass is 16.4. The molecule has 5 nitrogen and oxygen atoms in total. The van der Waals surface area contributed by atoms with Gasteiger partial charge in [0.2, 0.25) is 0 Å². The van der Waals surface area contributed by atoms with Crippen LogP contribution in [0.4, 0.5) is 5.69 Å². The van der Waals surface area contributed by atoms with Gasteiger partial charge in [-0.25, -0.2) is 0 Å². The van der Waals surface area contributed by atoms with E-state index < -0.39 is 11.9 Å². The predicted molar refractivity (Wildman–Crippen MR) is 98.1 cm³/mol. The minimum absolute atomic E-state index is 0.0120. The third-order valence-corrected chi connectivity index (χ3v) is 3.83. The van der Waals surface area contributed by atoms with Crippen molar-refractivity contribution in [3.05, 3.63) is 70.8 Å². The molecule has 0 spiro atoms. The van der Waals surface area contributed by atoms with Crippen LogP contribution in [0.1, 0.15) is 42.3 Å². The number of nitriles is 1. The lowest BCUT2D eigenvalue weighted by atomic mass is 9.86. The third-order valence-electron chi connectivity index (χ3n) is 3.83. The van der Waals surface area contributed by atoms with E-state index >= 15 is 0 Å². The number of carbonyl (C=O) groups is 2. The molecule has 5 heteroatoms. The Balaban J connectivity index is 2.16. The molecule has 0 radical (unpaired) electrons. The second kappa shape index (κ2) is 7.66. The number of hydrogen-bond acceptors (Lipinski definition) is 4. The van der Waals surface area contributed by atoms with Crippen LogP contribution in [0.25, 0.3) is 6.08 Å². The molecule has 0 aromatic heterocycles. The van der Waals surface area contributed by atoms with E-state index in [0.29, 0.717) is 5.69 Å². The van der Waals surface area contributed by atoms with Gasteiger partial charge >= 0.3 is 0 Å². The van der Waals surface area contributed by atoms with E-state index in [1.165, 1.54) is 30.3 Å². The molecule has 2 aromatic carbocycles. The SMILES string of the molecule is CC(C)(C)c1ccc(/C=C(/C#N)C(=O)Nc2ccc(C(=O)[O-])cc2)cc1. The maximum absolute atomic E-state index is 12.3. The van der Waals surface area contributed by atoms with Crippen molar-refractivity contribution >= 4 is 23.6 Å². The molecule has 0 aliphatic rings. The fourth-order valence-corrected chi connectivity index (χ4v) is 2.28. The molecule has 0 fully saturated rings.